The average molecular weight is 258 g/mol. The Morgan fingerprint density at radius 2 is 2.21 bits per heavy atom. The second kappa shape index (κ2) is 5.25. The lowest BCUT2D eigenvalue weighted by molar-refractivity contribution is 0.399. The van der Waals surface area contributed by atoms with Gasteiger partial charge in [-0.3, -0.25) is 0 Å². The minimum Gasteiger partial charge on any atom is -0.495 e. The van der Waals surface area contributed by atoms with Crippen molar-refractivity contribution in [3.63, 3.8) is 0 Å². The third-order valence-corrected chi connectivity index (χ3v) is 4.20. The van der Waals surface area contributed by atoms with Crippen molar-refractivity contribution in [2.24, 2.45) is 0 Å². The number of aromatic amines is 1. The highest BCUT2D eigenvalue weighted by Crippen LogP contribution is 2.30. The Labute approximate surface area is 114 Å². The molecule has 1 fully saturated rings. The molecule has 2 aromatic rings. The first kappa shape index (κ1) is 12.5. The van der Waals surface area contributed by atoms with Gasteiger partial charge in [0.15, 0.2) is 0 Å². The topological polar surface area (TPSA) is 37.0 Å². The number of aromatic nitrogens is 1. The molecule has 3 heteroatoms. The SMILES string of the molecule is COc1cccc2c(CC3CCCCN3)c(C)[nH]c12. The van der Waals surface area contributed by atoms with Gasteiger partial charge < -0.3 is 15.0 Å². The molecule has 3 rings (SSSR count). The van der Waals surface area contributed by atoms with Gasteiger partial charge in [0.1, 0.15) is 5.75 Å². The van der Waals surface area contributed by atoms with Gasteiger partial charge in [0.05, 0.1) is 12.6 Å². The predicted octanol–water partition coefficient (Wildman–Crippen LogP) is 3.17. The number of fused-ring (bicyclic) bond motifs is 1. The van der Waals surface area contributed by atoms with Crippen molar-refractivity contribution in [2.45, 2.75) is 38.6 Å². The van der Waals surface area contributed by atoms with Gasteiger partial charge in [-0.05, 0) is 44.4 Å². The molecule has 102 valence electrons. The van der Waals surface area contributed by atoms with Crippen molar-refractivity contribution in [3.8, 4) is 5.75 Å². The lowest BCUT2D eigenvalue weighted by Gasteiger charge is -2.23. The predicted molar refractivity (Wildman–Crippen MR) is 78.9 cm³/mol. The minimum atomic E-state index is 0.623. The van der Waals surface area contributed by atoms with Crippen LogP contribution in [-0.2, 0) is 6.42 Å². The van der Waals surface area contributed by atoms with Crippen LogP contribution in [0.25, 0.3) is 10.9 Å². The van der Waals surface area contributed by atoms with Crippen molar-refractivity contribution in [2.75, 3.05) is 13.7 Å². The van der Waals surface area contributed by atoms with Crippen molar-refractivity contribution in [3.05, 3.63) is 29.5 Å². The second-order valence-electron chi connectivity index (χ2n) is 5.46. The summed E-state index contributed by atoms with van der Waals surface area (Å²) in [6.07, 6.45) is 5.06. The number of para-hydroxylation sites is 1. The molecule has 1 saturated heterocycles. The van der Waals surface area contributed by atoms with Crippen molar-refractivity contribution in [1.82, 2.24) is 10.3 Å². The molecular formula is C16H22N2O. The summed E-state index contributed by atoms with van der Waals surface area (Å²) in [7, 11) is 1.73. The number of hydrogen-bond acceptors (Lipinski definition) is 2. The van der Waals surface area contributed by atoms with Gasteiger partial charge in [-0.15, -0.1) is 0 Å². The number of rotatable bonds is 3. The van der Waals surface area contributed by atoms with Crippen LogP contribution < -0.4 is 10.1 Å². The molecule has 0 bridgehead atoms. The number of piperidine rings is 1. The standard InChI is InChI=1S/C16H22N2O/c1-11-14(10-12-6-3-4-9-17-12)13-7-5-8-15(19-2)16(13)18-11/h5,7-8,12,17-18H,3-4,6,9-10H2,1-2H3. The molecule has 19 heavy (non-hydrogen) atoms. The van der Waals surface area contributed by atoms with E-state index in [4.69, 9.17) is 4.74 Å². The molecule has 1 aromatic carbocycles. The molecule has 0 spiro atoms. The molecule has 0 radical (unpaired) electrons. The Balaban J connectivity index is 1.96. The molecule has 1 atom stereocenters. The fourth-order valence-corrected chi connectivity index (χ4v) is 3.15. The number of aryl methyl sites for hydroxylation is 1. The highest BCUT2D eigenvalue weighted by molar-refractivity contribution is 5.89. The van der Waals surface area contributed by atoms with Crippen LogP contribution in [0.15, 0.2) is 18.2 Å². The first-order valence-corrected chi connectivity index (χ1v) is 7.17. The fourth-order valence-electron chi connectivity index (χ4n) is 3.15. The molecule has 1 unspecified atom stereocenters. The van der Waals surface area contributed by atoms with Crippen LogP contribution >= 0.6 is 0 Å². The molecule has 0 amide bonds. The number of hydrogen-bond donors (Lipinski definition) is 2. The maximum Gasteiger partial charge on any atom is 0.142 e. The van der Waals surface area contributed by atoms with E-state index < -0.39 is 0 Å². The lowest BCUT2D eigenvalue weighted by Crippen LogP contribution is -2.35. The van der Waals surface area contributed by atoms with E-state index in [0.717, 1.165) is 24.2 Å². The Morgan fingerprint density at radius 1 is 1.32 bits per heavy atom. The first-order chi connectivity index (χ1) is 9.29. The van der Waals surface area contributed by atoms with Crippen LogP contribution in [-0.4, -0.2) is 24.7 Å². The summed E-state index contributed by atoms with van der Waals surface area (Å²) in [5.41, 5.74) is 3.84. The molecule has 3 nitrogen and oxygen atoms in total. The van der Waals surface area contributed by atoms with Crippen LogP contribution in [0.1, 0.15) is 30.5 Å². The van der Waals surface area contributed by atoms with Crippen molar-refractivity contribution in [1.29, 1.82) is 0 Å². The Morgan fingerprint density at radius 3 is 2.95 bits per heavy atom. The summed E-state index contributed by atoms with van der Waals surface area (Å²) in [5, 5.41) is 4.94. The molecular weight excluding hydrogens is 236 g/mol. The summed E-state index contributed by atoms with van der Waals surface area (Å²) in [6, 6.07) is 6.91. The zero-order valence-electron chi connectivity index (χ0n) is 11.8. The summed E-state index contributed by atoms with van der Waals surface area (Å²) in [5.74, 6) is 0.934. The van der Waals surface area contributed by atoms with E-state index in [1.54, 1.807) is 7.11 Å². The number of methoxy groups -OCH3 is 1. The zero-order valence-corrected chi connectivity index (χ0v) is 11.8. The summed E-state index contributed by atoms with van der Waals surface area (Å²) < 4.78 is 5.44. The first-order valence-electron chi connectivity index (χ1n) is 7.17. The van der Waals surface area contributed by atoms with Crippen molar-refractivity contribution < 1.29 is 4.74 Å². The lowest BCUT2D eigenvalue weighted by atomic mass is 9.96. The van der Waals surface area contributed by atoms with Gasteiger partial charge in [-0.2, -0.15) is 0 Å². The monoisotopic (exact) mass is 258 g/mol. The third kappa shape index (κ3) is 2.35. The van der Waals surface area contributed by atoms with Gasteiger partial charge in [0.25, 0.3) is 0 Å². The van der Waals surface area contributed by atoms with Crippen LogP contribution in [0.3, 0.4) is 0 Å². The zero-order chi connectivity index (χ0) is 13.2. The number of H-pyrrole nitrogens is 1. The van der Waals surface area contributed by atoms with E-state index in [9.17, 15) is 0 Å². The van der Waals surface area contributed by atoms with Crippen LogP contribution in [0, 0.1) is 6.92 Å². The summed E-state index contributed by atoms with van der Waals surface area (Å²) in [6.45, 7) is 3.33. The van der Waals surface area contributed by atoms with Gasteiger partial charge in [-0.25, -0.2) is 0 Å². The number of ether oxygens (including phenoxy) is 1. The van der Waals surface area contributed by atoms with E-state index in [1.807, 2.05) is 6.07 Å². The highest BCUT2D eigenvalue weighted by atomic mass is 16.5. The van der Waals surface area contributed by atoms with E-state index in [0.29, 0.717) is 6.04 Å². The molecule has 1 aliphatic heterocycles. The Hall–Kier alpha value is -1.48. The van der Waals surface area contributed by atoms with Gasteiger partial charge >= 0.3 is 0 Å². The minimum absolute atomic E-state index is 0.623. The molecule has 1 aliphatic rings. The smallest absolute Gasteiger partial charge is 0.142 e. The normalized spacial score (nSPS) is 19.8. The highest BCUT2D eigenvalue weighted by Gasteiger charge is 2.18. The third-order valence-electron chi connectivity index (χ3n) is 4.20. The van der Waals surface area contributed by atoms with Crippen LogP contribution in [0.4, 0.5) is 0 Å². The molecule has 1 aromatic heterocycles. The largest absolute Gasteiger partial charge is 0.495 e. The Bertz CT molecular complexity index is 567. The van der Waals surface area contributed by atoms with E-state index in [-0.39, 0.29) is 0 Å². The van der Waals surface area contributed by atoms with Gasteiger partial charge in [0.2, 0.25) is 0 Å². The Kier molecular flexibility index (Phi) is 3.47. The summed E-state index contributed by atoms with van der Waals surface area (Å²) >= 11 is 0. The van der Waals surface area contributed by atoms with E-state index in [1.165, 1.54) is 35.9 Å². The molecule has 2 heterocycles. The molecule has 0 aliphatic carbocycles. The van der Waals surface area contributed by atoms with E-state index in [2.05, 4.69) is 29.4 Å². The van der Waals surface area contributed by atoms with Crippen LogP contribution in [0.5, 0.6) is 5.75 Å². The summed E-state index contributed by atoms with van der Waals surface area (Å²) in [4.78, 5) is 3.48. The average Bonchev–Trinajstić information content (AvgIpc) is 2.76. The van der Waals surface area contributed by atoms with E-state index >= 15 is 0 Å². The maximum atomic E-state index is 5.44. The van der Waals surface area contributed by atoms with Gasteiger partial charge in [0, 0.05) is 17.1 Å². The van der Waals surface area contributed by atoms with Crippen molar-refractivity contribution >= 4 is 10.9 Å². The maximum absolute atomic E-state index is 5.44. The fraction of sp³-hybridized carbons (Fsp3) is 0.500. The number of benzene rings is 1. The molecule has 0 saturated carbocycles. The second-order valence-corrected chi connectivity index (χ2v) is 5.46. The van der Waals surface area contributed by atoms with Crippen LogP contribution in [0.2, 0.25) is 0 Å². The van der Waals surface area contributed by atoms with Gasteiger partial charge in [-0.1, -0.05) is 18.6 Å². The number of nitrogens with one attached hydrogen (secondary N) is 2. The molecule has 2 N–H and O–H groups in total. The quantitative estimate of drug-likeness (QED) is 0.887.